The molecule has 1 N–H and O–H groups in total. The van der Waals surface area contributed by atoms with Crippen LogP contribution in [0, 0.1) is 0 Å². The summed E-state index contributed by atoms with van der Waals surface area (Å²) in [6.07, 6.45) is 5.78. The van der Waals surface area contributed by atoms with Crippen LogP contribution in [0.2, 0.25) is 0 Å². The topological polar surface area (TPSA) is 52.6 Å². The number of hydrogen-bond donors (Lipinski definition) is 1. The summed E-state index contributed by atoms with van der Waals surface area (Å²) in [4.78, 5) is 4.32. The summed E-state index contributed by atoms with van der Waals surface area (Å²) in [5.41, 5.74) is 3.15. The molecule has 0 amide bonds. The smallest absolute Gasteiger partial charge is 0.228 e. The maximum atomic E-state index is 11.8. The molecule has 2 aromatic rings. The molecule has 0 aliphatic rings. The van der Waals surface area contributed by atoms with Crippen molar-refractivity contribution in [2.45, 2.75) is 0 Å². The largest absolute Gasteiger partial charge is 0.474 e. The zero-order chi connectivity index (χ0) is 19.3. The first kappa shape index (κ1) is 21.3. The summed E-state index contributed by atoms with van der Waals surface area (Å²) in [6, 6.07) is 10.1. The van der Waals surface area contributed by atoms with Crippen LogP contribution in [0.15, 0.2) is 41.0 Å². The Bertz CT molecular complexity index is 711. The molecule has 0 spiro atoms. The molecule has 0 saturated heterocycles. The lowest BCUT2D eigenvalue weighted by atomic mass is 10.1. The number of pyridine rings is 1. The van der Waals surface area contributed by atoms with Crippen molar-refractivity contribution in [1.29, 1.82) is 0 Å². The van der Waals surface area contributed by atoms with Crippen molar-refractivity contribution in [3.05, 3.63) is 52.1 Å². The van der Waals surface area contributed by atoms with Gasteiger partial charge in [0.2, 0.25) is 5.88 Å². The molecule has 2 rings (SSSR count). The molecule has 1 aromatic carbocycles. The quantitative estimate of drug-likeness (QED) is 0.496. The zero-order valence-corrected chi connectivity index (χ0v) is 16.9. The summed E-state index contributed by atoms with van der Waals surface area (Å²) >= 11 is 3.48. The van der Waals surface area contributed by atoms with Gasteiger partial charge in [0.25, 0.3) is 0 Å². The number of hydrogen-bond acceptors (Lipinski definition) is 5. The molecule has 0 saturated carbocycles. The minimum absolute atomic E-state index is 0.110. The highest BCUT2D eigenvalue weighted by atomic mass is 79.9. The molecule has 0 bridgehead atoms. The number of halogens is 2. The van der Waals surface area contributed by atoms with E-state index in [1.807, 2.05) is 49.5 Å². The van der Waals surface area contributed by atoms with Crippen LogP contribution in [0.4, 0.5) is 10.1 Å². The maximum absolute atomic E-state index is 11.8. The molecule has 5 nitrogen and oxygen atoms in total. The Hall–Kier alpha value is -1.96. The lowest BCUT2D eigenvalue weighted by Crippen LogP contribution is -2.12. The second kappa shape index (κ2) is 12.4. The van der Waals surface area contributed by atoms with Crippen molar-refractivity contribution in [3.63, 3.8) is 0 Å². The van der Waals surface area contributed by atoms with E-state index in [1.165, 1.54) is 0 Å². The monoisotopic (exact) mass is 438 g/mol. The fourth-order valence-electron chi connectivity index (χ4n) is 2.16. The first-order valence-electron chi connectivity index (χ1n) is 8.68. The number of alkyl halides is 1. The van der Waals surface area contributed by atoms with Crippen LogP contribution in [0.25, 0.3) is 12.2 Å². The zero-order valence-electron chi connectivity index (χ0n) is 15.3. The van der Waals surface area contributed by atoms with Crippen molar-refractivity contribution >= 4 is 33.8 Å². The van der Waals surface area contributed by atoms with E-state index in [0.717, 1.165) is 21.3 Å². The van der Waals surface area contributed by atoms with Gasteiger partial charge < -0.3 is 19.5 Å². The highest BCUT2D eigenvalue weighted by Gasteiger charge is 2.03. The molecule has 1 heterocycles. The third-order valence-electron chi connectivity index (χ3n) is 3.56. The fraction of sp³-hybridized carbons (Fsp3) is 0.350. The van der Waals surface area contributed by atoms with Crippen LogP contribution in [0.5, 0.6) is 5.88 Å². The number of nitrogens with one attached hydrogen (secondary N) is 1. The number of anilines is 1. The van der Waals surface area contributed by atoms with E-state index in [9.17, 15) is 4.39 Å². The second-order valence-electron chi connectivity index (χ2n) is 5.52. The summed E-state index contributed by atoms with van der Waals surface area (Å²) in [5.74, 6) is 0.516. The van der Waals surface area contributed by atoms with E-state index < -0.39 is 6.67 Å². The molecule has 0 aliphatic carbocycles. The van der Waals surface area contributed by atoms with Crippen molar-refractivity contribution in [3.8, 4) is 5.88 Å². The third kappa shape index (κ3) is 8.07. The Morgan fingerprint density at radius 1 is 1.00 bits per heavy atom. The van der Waals surface area contributed by atoms with Crippen molar-refractivity contribution < 1.29 is 18.6 Å². The fourth-order valence-corrected chi connectivity index (χ4v) is 2.65. The van der Waals surface area contributed by atoms with Crippen LogP contribution in [0.3, 0.4) is 0 Å². The number of benzene rings is 1. The number of ether oxygens (including phenoxy) is 3. The van der Waals surface area contributed by atoms with Crippen molar-refractivity contribution in [2.75, 3.05) is 52.1 Å². The maximum Gasteiger partial charge on any atom is 0.228 e. The highest BCUT2D eigenvalue weighted by Crippen LogP contribution is 2.24. The van der Waals surface area contributed by atoms with Crippen LogP contribution >= 0.6 is 15.9 Å². The first-order chi connectivity index (χ1) is 13.2. The summed E-state index contributed by atoms with van der Waals surface area (Å²) in [6.45, 7) is 1.22. The number of aromatic nitrogens is 1. The molecule has 146 valence electrons. The van der Waals surface area contributed by atoms with Gasteiger partial charge in [-0.1, -0.05) is 24.3 Å². The Morgan fingerprint density at radius 3 is 2.33 bits per heavy atom. The molecule has 0 fully saturated rings. The lowest BCUT2D eigenvalue weighted by molar-refractivity contribution is 0.0319. The Kier molecular flexibility index (Phi) is 9.83. The third-order valence-corrected chi connectivity index (χ3v) is 4.12. The molecule has 0 atom stereocenters. The van der Waals surface area contributed by atoms with Gasteiger partial charge in [-0.05, 0) is 45.3 Å². The van der Waals surface area contributed by atoms with E-state index in [4.69, 9.17) is 14.2 Å². The highest BCUT2D eigenvalue weighted by molar-refractivity contribution is 9.10. The molecule has 0 radical (unpaired) electrons. The predicted molar refractivity (Wildman–Crippen MR) is 110 cm³/mol. The average Bonchev–Trinajstić information content (AvgIpc) is 2.70. The van der Waals surface area contributed by atoms with Gasteiger partial charge in [0, 0.05) is 18.9 Å². The molecular weight excluding hydrogens is 415 g/mol. The molecule has 0 aliphatic heterocycles. The minimum Gasteiger partial charge on any atom is -0.474 e. The molecular formula is C20H24BrFN2O3. The van der Waals surface area contributed by atoms with E-state index >= 15 is 0 Å². The van der Waals surface area contributed by atoms with Gasteiger partial charge in [0.05, 0.1) is 30.9 Å². The number of nitrogens with zero attached hydrogens (tertiary/aromatic N) is 1. The Balaban J connectivity index is 1.76. The Labute approximate surface area is 167 Å². The summed E-state index contributed by atoms with van der Waals surface area (Å²) in [7, 11) is 1.90. The van der Waals surface area contributed by atoms with Crippen LogP contribution in [0.1, 0.15) is 11.1 Å². The van der Waals surface area contributed by atoms with Gasteiger partial charge in [-0.2, -0.15) is 0 Å². The molecule has 0 unspecified atom stereocenters. The van der Waals surface area contributed by atoms with Gasteiger partial charge in [-0.3, -0.25) is 0 Å². The standard InChI is InChI=1S/C20H24BrFN2O3/c1-23-18-6-4-16(5-7-18)2-3-17-14-19(21)20(24-15-17)27-13-12-26-11-10-25-9-8-22/h2-7,14-15,23H,8-13H2,1H3/b3-2+. The second-order valence-corrected chi connectivity index (χ2v) is 6.38. The SMILES string of the molecule is CNc1ccc(/C=C/c2cnc(OCCOCCOCCF)c(Br)c2)cc1. The lowest BCUT2D eigenvalue weighted by Gasteiger charge is -2.08. The van der Waals surface area contributed by atoms with E-state index in [1.54, 1.807) is 6.20 Å². The van der Waals surface area contributed by atoms with E-state index in [0.29, 0.717) is 32.3 Å². The van der Waals surface area contributed by atoms with Gasteiger partial charge in [-0.15, -0.1) is 0 Å². The number of rotatable bonds is 12. The van der Waals surface area contributed by atoms with E-state index in [2.05, 4.69) is 26.2 Å². The van der Waals surface area contributed by atoms with Gasteiger partial charge in [-0.25, -0.2) is 9.37 Å². The summed E-state index contributed by atoms with van der Waals surface area (Å²) < 4.78 is 28.5. The first-order valence-corrected chi connectivity index (χ1v) is 9.48. The normalized spacial score (nSPS) is 11.1. The van der Waals surface area contributed by atoms with E-state index in [-0.39, 0.29) is 6.61 Å². The predicted octanol–water partition coefficient (Wildman–Crippen LogP) is 4.44. The van der Waals surface area contributed by atoms with Crippen LogP contribution < -0.4 is 10.1 Å². The molecule has 1 aromatic heterocycles. The summed E-state index contributed by atoms with van der Waals surface area (Å²) in [5, 5.41) is 3.09. The minimum atomic E-state index is -0.476. The van der Waals surface area contributed by atoms with Crippen LogP contribution in [-0.4, -0.2) is 51.7 Å². The van der Waals surface area contributed by atoms with Gasteiger partial charge in [0.1, 0.15) is 13.3 Å². The van der Waals surface area contributed by atoms with Gasteiger partial charge in [0.15, 0.2) is 0 Å². The van der Waals surface area contributed by atoms with Gasteiger partial charge >= 0.3 is 0 Å². The average molecular weight is 439 g/mol. The van der Waals surface area contributed by atoms with Crippen LogP contribution in [-0.2, 0) is 9.47 Å². The van der Waals surface area contributed by atoms with Crippen molar-refractivity contribution in [1.82, 2.24) is 4.98 Å². The Morgan fingerprint density at radius 2 is 1.67 bits per heavy atom. The van der Waals surface area contributed by atoms with Crippen molar-refractivity contribution in [2.24, 2.45) is 0 Å². The molecule has 27 heavy (non-hydrogen) atoms. The molecule has 7 heteroatoms.